The molecule has 0 bridgehead atoms. The van der Waals surface area contributed by atoms with Crippen molar-refractivity contribution in [2.75, 3.05) is 19.1 Å². The zero-order valence-electron chi connectivity index (χ0n) is 11.9. The lowest BCUT2D eigenvalue weighted by Gasteiger charge is -2.20. The predicted molar refractivity (Wildman–Crippen MR) is 87.9 cm³/mol. The van der Waals surface area contributed by atoms with Crippen LogP contribution in [0, 0.1) is 0 Å². The maximum absolute atomic E-state index is 12.3. The number of nitrogens with one attached hydrogen (secondary N) is 1. The van der Waals surface area contributed by atoms with Crippen LogP contribution in [0.3, 0.4) is 0 Å². The summed E-state index contributed by atoms with van der Waals surface area (Å²) in [7, 11) is 3.33. The molecule has 0 radical (unpaired) electrons. The molecule has 0 aliphatic carbocycles. The molecule has 0 atom stereocenters. The fraction of sp³-hybridized carbons (Fsp3) is 0.125. The lowest BCUT2D eigenvalue weighted by molar-refractivity contribution is 0.0974. The zero-order chi connectivity index (χ0) is 15.2. The van der Waals surface area contributed by atoms with E-state index in [2.05, 4.69) is 5.32 Å². The predicted octanol–water partition coefficient (Wildman–Crippen LogP) is 2.85. The molecule has 0 heterocycles. The Bertz CT molecular complexity index is 644. The van der Waals surface area contributed by atoms with Crippen LogP contribution < -0.4 is 15.0 Å². The van der Waals surface area contributed by atoms with E-state index in [0.29, 0.717) is 16.4 Å². The molecule has 0 spiro atoms. The maximum atomic E-state index is 12.3. The van der Waals surface area contributed by atoms with Crippen molar-refractivity contribution in [1.82, 2.24) is 5.32 Å². The number of para-hydroxylation sites is 2. The van der Waals surface area contributed by atoms with Crippen molar-refractivity contribution in [2.24, 2.45) is 0 Å². The fourth-order valence-corrected chi connectivity index (χ4v) is 2.05. The molecular formula is C16H16N2O2S. The number of hydrogen-bond acceptors (Lipinski definition) is 3. The Morgan fingerprint density at radius 1 is 1.10 bits per heavy atom. The quantitative estimate of drug-likeness (QED) is 0.885. The molecule has 2 aromatic carbocycles. The average Bonchev–Trinajstić information content (AvgIpc) is 2.54. The lowest BCUT2D eigenvalue weighted by atomic mass is 10.2. The minimum absolute atomic E-state index is 0.291. The Balaban J connectivity index is 2.11. The minimum Gasteiger partial charge on any atom is -0.496 e. The number of hydrogen-bond donors (Lipinski definition) is 1. The standard InChI is InChI=1S/C16H16N2O2S/c1-18(12-8-4-3-5-9-12)16(21)17-15(19)13-10-6-7-11-14(13)20-2/h3-11H,1-2H3,(H,17,19,21). The SMILES string of the molecule is COc1ccccc1C(=O)NC(=S)N(C)c1ccccc1. The molecule has 2 aromatic rings. The summed E-state index contributed by atoms with van der Waals surface area (Å²) in [5.74, 6) is 0.223. The summed E-state index contributed by atoms with van der Waals surface area (Å²) in [5, 5.41) is 3.04. The molecule has 0 fully saturated rings. The van der Waals surface area contributed by atoms with Crippen LogP contribution in [0.4, 0.5) is 5.69 Å². The molecule has 4 nitrogen and oxygen atoms in total. The van der Waals surface area contributed by atoms with Gasteiger partial charge in [0, 0.05) is 12.7 Å². The van der Waals surface area contributed by atoms with Gasteiger partial charge >= 0.3 is 0 Å². The number of carbonyl (C=O) groups excluding carboxylic acids is 1. The maximum Gasteiger partial charge on any atom is 0.261 e. The van der Waals surface area contributed by atoms with Gasteiger partial charge < -0.3 is 9.64 Å². The highest BCUT2D eigenvalue weighted by molar-refractivity contribution is 7.80. The van der Waals surface area contributed by atoms with Gasteiger partial charge in [-0.05, 0) is 36.5 Å². The van der Waals surface area contributed by atoms with E-state index < -0.39 is 0 Å². The van der Waals surface area contributed by atoms with Crippen molar-refractivity contribution in [1.29, 1.82) is 0 Å². The normalized spacial score (nSPS) is 9.81. The summed E-state index contributed by atoms with van der Waals surface area (Å²) in [6, 6.07) is 16.6. The van der Waals surface area contributed by atoms with Gasteiger partial charge in [0.15, 0.2) is 5.11 Å². The molecule has 0 aliphatic rings. The third kappa shape index (κ3) is 3.58. The molecule has 1 N–H and O–H groups in total. The van der Waals surface area contributed by atoms with E-state index in [4.69, 9.17) is 17.0 Å². The first-order valence-corrected chi connectivity index (χ1v) is 6.81. The number of amides is 1. The smallest absolute Gasteiger partial charge is 0.261 e. The van der Waals surface area contributed by atoms with Gasteiger partial charge in [-0.15, -0.1) is 0 Å². The molecule has 0 saturated carbocycles. The highest BCUT2D eigenvalue weighted by Gasteiger charge is 2.15. The highest BCUT2D eigenvalue weighted by atomic mass is 32.1. The van der Waals surface area contributed by atoms with Crippen molar-refractivity contribution in [3.63, 3.8) is 0 Å². The van der Waals surface area contributed by atoms with Gasteiger partial charge in [-0.25, -0.2) is 0 Å². The first-order valence-electron chi connectivity index (χ1n) is 6.40. The summed E-state index contributed by atoms with van der Waals surface area (Å²) in [6.45, 7) is 0. The molecular weight excluding hydrogens is 284 g/mol. The zero-order valence-corrected chi connectivity index (χ0v) is 12.7. The van der Waals surface area contributed by atoms with E-state index in [9.17, 15) is 4.79 Å². The number of ether oxygens (including phenoxy) is 1. The molecule has 0 unspecified atom stereocenters. The van der Waals surface area contributed by atoms with Crippen molar-refractivity contribution < 1.29 is 9.53 Å². The van der Waals surface area contributed by atoms with Gasteiger partial charge in [0.25, 0.3) is 5.91 Å². The monoisotopic (exact) mass is 300 g/mol. The van der Waals surface area contributed by atoms with Crippen LogP contribution >= 0.6 is 12.2 Å². The van der Waals surface area contributed by atoms with Gasteiger partial charge in [0.05, 0.1) is 12.7 Å². The third-order valence-electron chi connectivity index (χ3n) is 3.02. The number of benzene rings is 2. The van der Waals surface area contributed by atoms with Gasteiger partial charge in [-0.2, -0.15) is 0 Å². The summed E-state index contributed by atoms with van der Waals surface area (Å²) in [5.41, 5.74) is 1.35. The van der Waals surface area contributed by atoms with Crippen molar-refractivity contribution >= 4 is 28.9 Å². The number of thiocarbonyl (C=S) groups is 1. The second kappa shape index (κ2) is 6.85. The Hall–Kier alpha value is -2.40. The Morgan fingerprint density at radius 3 is 2.38 bits per heavy atom. The lowest BCUT2D eigenvalue weighted by Crippen LogP contribution is -2.40. The topological polar surface area (TPSA) is 41.6 Å². The van der Waals surface area contributed by atoms with Crippen molar-refractivity contribution in [2.45, 2.75) is 0 Å². The van der Waals surface area contributed by atoms with Gasteiger partial charge in [0.1, 0.15) is 5.75 Å². The average molecular weight is 300 g/mol. The molecule has 2 rings (SSSR count). The number of anilines is 1. The van der Waals surface area contributed by atoms with E-state index in [-0.39, 0.29) is 5.91 Å². The number of nitrogens with zero attached hydrogens (tertiary/aromatic N) is 1. The van der Waals surface area contributed by atoms with E-state index in [1.54, 1.807) is 30.1 Å². The summed E-state index contributed by atoms with van der Waals surface area (Å²) in [6.07, 6.45) is 0. The largest absolute Gasteiger partial charge is 0.496 e. The van der Waals surface area contributed by atoms with Crippen LogP contribution in [0.25, 0.3) is 0 Å². The van der Waals surface area contributed by atoms with Crippen LogP contribution in [-0.4, -0.2) is 25.2 Å². The molecule has 1 amide bonds. The van der Waals surface area contributed by atoms with Crippen LogP contribution in [0.1, 0.15) is 10.4 Å². The Labute approximate surface area is 129 Å². The summed E-state index contributed by atoms with van der Waals surface area (Å²) >= 11 is 5.27. The van der Waals surface area contributed by atoms with Crippen molar-refractivity contribution in [3.05, 3.63) is 60.2 Å². The number of rotatable bonds is 3. The van der Waals surface area contributed by atoms with Crippen LogP contribution in [-0.2, 0) is 0 Å². The van der Waals surface area contributed by atoms with E-state index in [1.807, 2.05) is 36.4 Å². The molecule has 21 heavy (non-hydrogen) atoms. The highest BCUT2D eigenvalue weighted by Crippen LogP contribution is 2.17. The molecule has 0 aliphatic heterocycles. The first-order chi connectivity index (χ1) is 10.1. The van der Waals surface area contributed by atoms with Crippen LogP contribution in [0.5, 0.6) is 5.75 Å². The Kier molecular flexibility index (Phi) is 4.90. The first kappa shape index (κ1) is 15.0. The molecule has 0 saturated heterocycles. The van der Waals surface area contributed by atoms with E-state index >= 15 is 0 Å². The Morgan fingerprint density at radius 2 is 1.71 bits per heavy atom. The third-order valence-corrected chi connectivity index (χ3v) is 3.40. The van der Waals surface area contributed by atoms with Crippen molar-refractivity contribution in [3.8, 4) is 5.75 Å². The molecule has 5 heteroatoms. The second-order valence-corrected chi connectivity index (χ2v) is 4.74. The van der Waals surface area contributed by atoms with Gasteiger partial charge in [-0.3, -0.25) is 10.1 Å². The number of methoxy groups -OCH3 is 1. The number of carbonyl (C=O) groups is 1. The van der Waals surface area contributed by atoms with Gasteiger partial charge in [-0.1, -0.05) is 30.3 Å². The van der Waals surface area contributed by atoms with Gasteiger partial charge in [0.2, 0.25) is 0 Å². The summed E-state index contributed by atoms with van der Waals surface area (Å²) < 4.78 is 5.18. The fourth-order valence-electron chi connectivity index (χ4n) is 1.85. The molecule has 108 valence electrons. The minimum atomic E-state index is -0.291. The van der Waals surface area contributed by atoms with E-state index in [0.717, 1.165) is 5.69 Å². The summed E-state index contributed by atoms with van der Waals surface area (Å²) in [4.78, 5) is 14.0. The second-order valence-electron chi connectivity index (χ2n) is 4.35. The van der Waals surface area contributed by atoms with Crippen LogP contribution in [0.2, 0.25) is 0 Å². The van der Waals surface area contributed by atoms with E-state index in [1.165, 1.54) is 7.11 Å². The molecule has 0 aromatic heterocycles. The van der Waals surface area contributed by atoms with Crippen LogP contribution in [0.15, 0.2) is 54.6 Å².